The lowest BCUT2D eigenvalue weighted by molar-refractivity contribution is -0.135. The summed E-state index contributed by atoms with van der Waals surface area (Å²) < 4.78 is 5.68. The number of hydrogen-bond acceptors (Lipinski definition) is 4. The number of carbonyl (C=O) groups excluding carboxylic acids is 2. The van der Waals surface area contributed by atoms with E-state index in [-0.39, 0.29) is 36.7 Å². The van der Waals surface area contributed by atoms with Crippen LogP contribution in [-0.2, 0) is 9.59 Å². The Kier molecular flexibility index (Phi) is 6.27. The lowest BCUT2D eigenvalue weighted by atomic mass is 9.78. The molecule has 0 unspecified atom stereocenters. The second kappa shape index (κ2) is 8.48. The Hall–Kier alpha value is -1.79. The van der Waals surface area contributed by atoms with E-state index in [0.29, 0.717) is 11.2 Å². The summed E-state index contributed by atoms with van der Waals surface area (Å²) in [6.45, 7) is 3.88. The number of nitrogens with one attached hydrogen (secondary N) is 2. The molecule has 1 aromatic rings. The van der Waals surface area contributed by atoms with Crippen LogP contribution in [0.1, 0.15) is 32.1 Å². The minimum atomic E-state index is 0. The fourth-order valence-electron chi connectivity index (χ4n) is 3.94. The van der Waals surface area contributed by atoms with Crippen molar-refractivity contribution in [3.63, 3.8) is 0 Å². The van der Waals surface area contributed by atoms with Crippen molar-refractivity contribution in [3.8, 4) is 5.75 Å². The summed E-state index contributed by atoms with van der Waals surface area (Å²) in [6.07, 6.45) is 5.33. The van der Waals surface area contributed by atoms with E-state index in [9.17, 15) is 9.59 Å². The number of benzene rings is 1. The van der Waals surface area contributed by atoms with Crippen LogP contribution in [-0.4, -0.2) is 49.5 Å². The highest BCUT2D eigenvalue weighted by molar-refractivity contribution is 5.94. The number of amides is 2. The molecule has 0 aromatic heterocycles. The summed E-state index contributed by atoms with van der Waals surface area (Å²) in [4.78, 5) is 26.2. The maximum atomic E-state index is 12.5. The lowest BCUT2D eigenvalue weighted by Crippen LogP contribution is -2.45. The molecule has 1 aliphatic carbocycles. The first-order chi connectivity index (χ1) is 12.6. The molecule has 2 N–H and O–H groups in total. The predicted molar refractivity (Wildman–Crippen MR) is 106 cm³/mol. The monoisotopic (exact) mass is 393 g/mol. The summed E-state index contributed by atoms with van der Waals surface area (Å²) in [5, 5.41) is 6.35. The zero-order chi connectivity index (χ0) is 18.0. The zero-order valence-corrected chi connectivity index (χ0v) is 16.4. The van der Waals surface area contributed by atoms with Gasteiger partial charge in [-0.25, -0.2) is 0 Å². The van der Waals surface area contributed by atoms with Crippen LogP contribution in [0.4, 0.5) is 5.69 Å². The van der Waals surface area contributed by atoms with Crippen molar-refractivity contribution in [2.45, 2.75) is 32.1 Å². The first kappa shape index (κ1) is 20.0. The minimum Gasteiger partial charge on any atom is -0.484 e. The second-order valence-corrected chi connectivity index (χ2v) is 7.89. The molecule has 1 aromatic carbocycles. The smallest absolute Gasteiger partial charge is 0.260 e. The average Bonchev–Trinajstić information content (AvgIpc) is 3.42. The van der Waals surface area contributed by atoms with Crippen molar-refractivity contribution in [1.82, 2.24) is 10.2 Å². The summed E-state index contributed by atoms with van der Waals surface area (Å²) in [5.74, 6) is 0.888. The number of hydrogen-bond donors (Lipinski definition) is 2. The molecule has 2 aliphatic heterocycles. The van der Waals surface area contributed by atoms with Crippen molar-refractivity contribution < 1.29 is 14.3 Å². The molecule has 3 aliphatic rings. The van der Waals surface area contributed by atoms with E-state index in [0.717, 1.165) is 57.5 Å². The van der Waals surface area contributed by atoms with Gasteiger partial charge >= 0.3 is 0 Å². The van der Waals surface area contributed by atoms with Crippen LogP contribution in [0.3, 0.4) is 0 Å². The van der Waals surface area contributed by atoms with E-state index in [4.69, 9.17) is 4.74 Å². The second-order valence-electron chi connectivity index (χ2n) is 7.89. The van der Waals surface area contributed by atoms with Gasteiger partial charge in [0.1, 0.15) is 5.75 Å². The summed E-state index contributed by atoms with van der Waals surface area (Å²) in [6, 6.07) is 7.27. The zero-order valence-electron chi connectivity index (χ0n) is 15.5. The molecule has 1 saturated carbocycles. The van der Waals surface area contributed by atoms with Crippen LogP contribution in [0.25, 0.3) is 0 Å². The quantitative estimate of drug-likeness (QED) is 0.806. The highest BCUT2D eigenvalue weighted by Gasteiger charge is 2.38. The largest absolute Gasteiger partial charge is 0.484 e. The molecular formula is C20H28ClN3O3. The third-order valence-corrected chi connectivity index (χ3v) is 5.92. The molecule has 2 amide bonds. The van der Waals surface area contributed by atoms with Gasteiger partial charge in [-0.3, -0.25) is 9.59 Å². The number of nitrogens with zero attached hydrogens (tertiary/aromatic N) is 1. The van der Waals surface area contributed by atoms with Gasteiger partial charge in [0.15, 0.2) is 6.61 Å². The fraction of sp³-hybridized carbons (Fsp3) is 0.600. The van der Waals surface area contributed by atoms with Crippen molar-refractivity contribution in [2.75, 3.05) is 38.1 Å². The van der Waals surface area contributed by atoms with Gasteiger partial charge < -0.3 is 20.3 Å². The van der Waals surface area contributed by atoms with Crippen molar-refractivity contribution in [2.24, 2.45) is 11.3 Å². The van der Waals surface area contributed by atoms with E-state index >= 15 is 0 Å². The third-order valence-electron chi connectivity index (χ3n) is 5.92. The van der Waals surface area contributed by atoms with Gasteiger partial charge in [-0.15, -0.1) is 12.4 Å². The van der Waals surface area contributed by atoms with Crippen LogP contribution in [0, 0.1) is 11.3 Å². The molecule has 2 saturated heterocycles. The normalized spacial score (nSPS) is 20.8. The molecule has 0 atom stereocenters. The Bertz CT molecular complexity index is 677. The van der Waals surface area contributed by atoms with E-state index in [1.54, 1.807) is 6.07 Å². The van der Waals surface area contributed by atoms with Gasteiger partial charge in [0.05, 0.1) is 0 Å². The first-order valence-corrected chi connectivity index (χ1v) is 9.66. The lowest BCUT2D eigenvalue weighted by Gasteiger charge is -2.38. The molecule has 1 spiro atoms. The van der Waals surface area contributed by atoms with Crippen LogP contribution in [0.15, 0.2) is 24.3 Å². The molecule has 0 radical (unpaired) electrons. The Morgan fingerprint density at radius 3 is 2.67 bits per heavy atom. The molecule has 4 rings (SSSR count). The number of ether oxygens (including phenoxy) is 1. The Labute approximate surface area is 166 Å². The van der Waals surface area contributed by atoms with Gasteiger partial charge in [-0.1, -0.05) is 6.07 Å². The minimum absolute atomic E-state index is 0. The SMILES string of the molecule is Cl.O=C(Nc1cccc(OCC(=O)N2CCC3(CCNC3)CC2)c1)C1CC1. The molecule has 0 bridgehead atoms. The van der Waals surface area contributed by atoms with Crippen LogP contribution >= 0.6 is 12.4 Å². The summed E-state index contributed by atoms with van der Waals surface area (Å²) >= 11 is 0. The first-order valence-electron chi connectivity index (χ1n) is 9.66. The van der Waals surface area contributed by atoms with Gasteiger partial charge in [0.25, 0.3) is 5.91 Å². The van der Waals surface area contributed by atoms with E-state index in [1.807, 2.05) is 23.1 Å². The number of anilines is 1. The maximum Gasteiger partial charge on any atom is 0.260 e. The van der Waals surface area contributed by atoms with Gasteiger partial charge in [0, 0.05) is 37.3 Å². The number of piperidine rings is 1. The van der Waals surface area contributed by atoms with E-state index < -0.39 is 0 Å². The van der Waals surface area contributed by atoms with Crippen LogP contribution < -0.4 is 15.4 Å². The molecule has 3 fully saturated rings. The summed E-state index contributed by atoms with van der Waals surface area (Å²) in [5.41, 5.74) is 1.13. The fourth-order valence-corrected chi connectivity index (χ4v) is 3.94. The Morgan fingerprint density at radius 2 is 2.00 bits per heavy atom. The highest BCUT2D eigenvalue weighted by atomic mass is 35.5. The molecule has 7 heteroatoms. The van der Waals surface area contributed by atoms with Gasteiger partial charge in [0.2, 0.25) is 5.91 Å². The Balaban J connectivity index is 0.00000210. The van der Waals surface area contributed by atoms with E-state index in [1.165, 1.54) is 6.42 Å². The maximum absolute atomic E-state index is 12.5. The van der Waals surface area contributed by atoms with E-state index in [2.05, 4.69) is 10.6 Å². The molecule has 27 heavy (non-hydrogen) atoms. The van der Waals surface area contributed by atoms with Crippen molar-refractivity contribution >= 4 is 29.9 Å². The molecule has 2 heterocycles. The van der Waals surface area contributed by atoms with Crippen molar-refractivity contribution in [1.29, 1.82) is 0 Å². The molecule has 148 valence electrons. The van der Waals surface area contributed by atoms with Crippen molar-refractivity contribution in [3.05, 3.63) is 24.3 Å². The third kappa shape index (κ3) is 4.93. The van der Waals surface area contributed by atoms with Crippen LogP contribution in [0.2, 0.25) is 0 Å². The Morgan fingerprint density at radius 1 is 1.22 bits per heavy atom. The number of carbonyl (C=O) groups is 2. The number of rotatable bonds is 5. The van der Waals surface area contributed by atoms with Gasteiger partial charge in [-0.2, -0.15) is 0 Å². The topological polar surface area (TPSA) is 70.7 Å². The molecular weight excluding hydrogens is 366 g/mol. The molecule has 6 nitrogen and oxygen atoms in total. The predicted octanol–water partition coefficient (Wildman–Crippen LogP) is 2.44. The van der Waals surface area contributed by atoms with Crippen LogP contribution in [0.5, 0.6) is 5.75 Å². The number of likely N-dealkylation sites (tertiary alicyclic amines) is 1. The highest BCUT2D eigenvalue weighted by Crippen LogP contribution is 2.37. The van der Waals surface area contributed by atoms with Gasteiger partial charge in [-0.05, 0) is 56.2 Å². The standard InChI is InChI=1S/C20H27N3O3.ClH/c24-18(23-10-7-20(8-11-23)6-9-21-14-20)13-26-17-3-1-2-16(12-17)22-19(25)15-4-5-15;/h1-3,12,15,21H,4-11,13-14H2,(H,22,25);1H. The average molecular weight is 394 g/mol. The summed E-state index contributed by atoms with van der Waals surface area (Å²) in [7, 11) is 0. The number of halogens is 1.